The molecule has 0 saturated carbocycles. The molecule has 0 aromatic heterocycles. The van der Waals surface area contributed by atoms with Crippen LogP contribution in [0.3, 0.4) is 0 Å². The van der Waals surface area contributed by atoms with E-state index in [9.17, 15) is 18.4 Å². The Balaban J connectivity index is 1.35. The fraction of sp³-hybridized carbons (Fsp3) is 0.391. The molecule has 0 spiro atoms. The topological polar surface area (TPSA) is 43.9 Å². The average molecular weight is 413 g/mol. The first kappa shape index (κ1) is 20.3. The number of carbonyl (C=O) groups excluding carboxylic acids is 2. The first-order valence-corrected chi connectivity index (χ1v) is 10.4. The van der Waals surface area contributed by atoms with Crippen molar-refractivity contribution in [1.29, 1.82) is 0 Å². The Bertz CT molecular complexity index is 911. The maximum absolute atomic E-state index is 14.0. The van der Waals surface area contributed by atoms with Crippen LogP contribution in [0.4, 0.5) is 14.5 Å². The third-order valence-electron chi connectivity index (χ3n) is 5.93. The van der Waals surface area contributed by atoms with Crippen molar-refractivity contribution in [3.05, 3.63) is 65.7 Å². The van der Waals surface area contributed by atoms with Gasteiger partial charge in [-0.2, -0.15) is 0 Å². The number of anilines is 1. The van der Waals surface area contributed by atoms with Crippen LogP contribution in [0.25, 0.3) is 0 Å². The summed E-state index contributed by atoms with van der Waals surface area (Å²) in [5, 5.41) is 0. The van der Waals surface area contributed by atoms with Crippen LogP contribution in [0.2, 0.25) is 0 Å². The molecule has 0 bridgehead atoms. The van der Waals surface area contributed by atoms with E-state index in [0.717, 1.165) is 12.8 Å². The lowest BCUT2D eigenvalue weighted by Gasteiger charge is -2.39. The number of carbonyl (C=O) groups is 2. The molecule has 0 N–H and O–H groups in total. The minimum absolute atomic E-state index is 0.0554. The van der Waals surface area contributed by atoms with Crippen molar-refractivity contribution in [2.45, 2.75) is 12.8 Å². The highest BCUT2D eigenvalue weighted by molar-refractivity contribution is 5.94. The van der Waals surface area contributed by atoms with Crippen LogP contribution >= 0.6 is 0 Å². The highest BCUT2D eigenvalue weighted by Gasteiger charge is 2.33. The molecular weight excluding hydrogens is 388 g/mol. The van der Waals surface area contributed by atoms with Crippen LogP contribution in [-0.2, 0) is 4.79 Å². The Hall–Kier alpha value is -2.96. The highest BCUT2D eigenvalue weighted by Crippen LogP contribution is 2.24. The lowest BCUT2D eigenvalue weighted by atomic mass is 9.95. The fourth-order valence-electron chi connectivity index (χ4n) is 4.27. The molecule has 4 rings (SSSR count). The Morgan fingerprint density at radius 1 is 0.833 bits per heavy atom. The van der Waals surface area contributed by atoms with Gasteiger partial charge in [0.2, 0.25) is 5.91 Å². The summed E-state index contributed by atoms with van der Waals surface area (Å²) >= 11 is 0. The number of para-hydroxylation sites is 1. The third kappa shape index (κ3) is 4.30. The zero-order valence-corrected chi connectivity index (χ0v) is 16.8. The Labute approximate surface area is 174 Å². The molecule has 2 saturated heterocycles. The van der Waals surface area contributed by atoms with Gasteiger partial charge in [0.1, 0.15) is 11.6 Å². The van der Waals surface area contributed by atoms with Crippen LogP contribution in [0, 0.1) is 17.6 Å². The maximum Gasteiger partial charge on any atom is 0.253 e. The number of hydrogen-bond donors (Lipinski definition) is 0. The van der Waals surface area contributed by atoms with Crippen molar-refractivity contribution < 1.29 is 18.4 Å². The van der Waals surface area contributed by atoms with Gasteiger partial charge in [-0.3, -0.25) is 9.59 Å². The van der Waals surface area contributed by atoms with Gasteiger partial charge in [0.25, 0.3) is 5.91 Å². The molecule has 2 heterocycles. The molecule has 2 fully saturated rings. The number of benzene rings is 2. The molecule has 2 aromatic carbocycles. The van der Waals surface area contributed by atoms with Gasteiger partial charge in [0.15, 0.2) is 0 Å². The van der Waals surface area contributed by atoms with E-state index >= 15 is 0 Å². The van der Waals surface area contributed by atoms with Gasteiger partial charge < -0.3 is 14.7 Å². The van der Waals surface area contributed by atoms with Gasteiger partial charge in [-0.1, -0.05) is 12.1 Å². The van der Waals surface area contributed by atoms with E-state index < -0.39 is 0 Å². The van der Waals surface area contributed by atoms with Gasteiger partial charge in [-0.15, -0.1) is 0 Å². The van der Waals surface area contributed by atoms with Crippen LogP contribution in [0.15, 0.2) is 48.5 Å². The Morgan fingerprint density at radius 3 is 2.23 bits per heavy atom. The SMILES string of the molecule is O=C(c1ccc(F)cc1)N1CCC[C@@H](C(=O)N2CCN(c3ccccc3F)CC2)C1. The lowest BCUT2D eigenvalue weighted by molar-refractivity contribution is -0.137. The van der Waals surface area contributed by atoms with Crippen LogP contribution in [0.1, 0.15) is 23.2 Å². The van der Waals surface area contributed by atoms with Gasteiger partial charge in [-0.25, -0.2) is 8.78 Å². The molecule has 0 aliphatic carbocycles. The van der Waals surface area contributed by atoms with Gasteiger partial charge >= 0.3 is 0 Å². The number of hydrogen-bond acceptors (Lipinski definition) is 3. The lowest BCUT2D eigenvalue weighted by Crippen LogP contribution is -2.53. The van der Waals surface area contributed by atoms with Crippen LogP contribution in [-0.4, -0.2) is 60.9 Å². The quantitative estimate of drug-likeness (QED) is 0.777. The molecule has 0 unspecified atom stereocenters. The molecule has 2 aliphatic heterocycles. The second kappa shape index (κ2) is 8.81. The normalized spacial score (nSPS) is 19.7. The fourth-order valence-corrected chi connectivity index (χ4v) is 4.27. The number of piperazine rings is 1. The van der Waals surface area contributed by atoms with Crippen molar-refractivity contribution in [1.82, 2.24) is 9.80 Å². The molecule has 5 nitrogen and oxygen atoms in total. The van der Waals surface area contributed by atoms with Crippen molar-refractivity contribution in [3.8, 4) is 0 Å². The zero-order valence-electron chi connectivity index (χ0n) is 16.8. The van der Waals surface area contributed by atoms with Crippen molar-refractivity contribution >= 4 is 17.5 Å². The predicted molar refractivity (Wildman–Crippen MR) is 110 cm³/mol. The molecule has 158 valence electrons. The second-order valence-corrected chi connectivity index (χ2v) is 7.86. The number of halogens is 2. The van der Waals surface area contributed by atoms with Crippen molar-refractivity contribution in [2.24, 2.45) is 5.92 Å². The Morgan fingerprint density at radius 2 is 1.53 bits per heavy atom. The maximum atomic E-state index is 14.0. The molecule has 7 heteroatoms. The van der Waals surface area contributed by atoms with Crippen LogP contribution < -0.4 is 4.90 Å². The number of nitrogens with zero attached hydrogens (tertiary/aromatic N) is 3. The summed E-state index contributed by atoms with van der Waals surface area (Å²) in [4.78, 5) is 31.3. The molecule has 0 radical (unpaired) electrons. The summed E-state index contributed by atoms with van der Waals surface area (Å²) < 4.78 is 27.1. The van der Waals surface area contributed by atoms with E-state index in [0.29, 0.717) is 50.5 Å². The standard InChI is InChI=1S/C23H25F2N3O2/c24-19-9-7-17(8-10-19)22(29)28-11-3-4-18(16-28)23(30)27-14-12-26(13-15-27)21-6-2-1-5-20(21)25/h1-2,5-10,18H,3-4,11-16H2/t18-/m1/s1. The molecule has 2 aromatic rings. The number of piperidine rings is 1. The molecule has 30 heavy (non-hydrogen) atoms. The number of likely N-dealkylation sites (tertiary alicyclic amines) is 1. The highest BCUT2D eigenvalue weighted by atomic mass is 19.1. The largest absolute Gasteiger partial charge is 0.366 e. The van der Waals surface area contributed by atoms with E-state index in [-0.39, 0.29) is 29.4 Å². The van der Waals surface area contributed by atoms with E-state index in [1.807, 2.05) is 15.9 Å². The summed E-state index contributed by atoms with van der Waals surface area (Å²) in [5.74, 6) is -0.980. The molecule has 2 amide bonds. The van der Waals surface area contributed by atoms with Crippen molar-refractivity contribution in [2.75, 3.05) is 44.2 Å². The van der Waals surface area contributed by atoms with Gasteiger partial charge in [0, 0.05) is 44.8 Å². The molecular formula is C23H25F2N3O2. The monoisotopic (exact) mass is 413 g/mol. The minimum atomic E-state index is -0.382. The van der Waals surface area contributed by atoms with E-state index in [1.165, 1.54) is 30.3 Å². The summed E-state index contributed by atoms with van der Waals surface area (Å²) in [7, 11) is 0. The average Bonchev–Trinajstić information content (AvgIpc) is 2.79. The van der Waals surface area contributed by atoms with E-state index in [2.05, 4.69) is 0 Å². The van der Waals surface area contributed by atoms with Gasteiger partial charge in [-0.05, 0) is 49.2 Å². The number of amides is 2. The third-order valence-corrected chi connectivity index (χ3v) is 5.93. The van der Waals surface area contributed by atoms with E-state index in [1.54, 1.807) is 17.0 Å². The summed E-state index contributed by atoms with van der Waals surface area (Å²) in [6.45, 7) is 3.21. The smallest absolute Gasteiger partial charge is 0.253 e. The minimum Gasteiger partial charge on any atom is -0.366 e. The summed E-state index contributed by atoms with van der Waals surface area (Å²) in [6, 6.07) is 12.2. The summed E-state index contributed by atoms with van der Waals surface area (Å²) in [6.07, 6.45) is 1.51. The zero-order chi connectivity index (χ0) is 21.1. The number of rotatable bonds is 3. The first-order valence-electron chi connectivity index (χ1n) is 10.4. The van der Waals surface area contributed by atoms with Crippen LogP contribution in [0.5, 0.6) is 0 Å². The first-order chi connectivity index (χ1) is 14.5. The molecule has 2 aliphatic rings. The van der Waals surface area contributed by atoms with Crippen molar-refractivity contribution in [3.63, 3.8) is 0 Å². The van der Waals surface area contributed by atoms with Gasteiger partial charge in [0.05, 0.1) is 11.6 Å². The van der Waals surface area contributed by atoms with E-state index in [4.69, 9.17) is 0 Å². The molecule has 1 atom stereocenters. The Kier molecular flexibility index (Phi) is 5.97. The predicted octanol–water partition coefficient (Wildman–Crippen LogP) is 3.17. The second-order valence-electron chi connectivity index (χ2n) is 7.86. The summed E-state index contributed by atoms with van der Waals surface area (Å²) in [5.41, 5.74) is 1.00.